The van der Waals surface area contributed by atoms with Gasteiger partial charge in [-0.05, 0) is 48.4 Å². The summed E-state index contributed by atoms with van der Waals surface area (Å²) in [6.07, 6.45) is 2.17. The first kappa shape index (κ1) is 20.5. The van der Waals surface area contributed by atoms with Gasteiger partial charge in [0, 0.05) is 25.0 Å². The van der Waals surface area contributed by atoms with E-state index in [0.29, 0.717) is 18.4 Å². The normalized spacial score (nSPS) is 15.1. The third kappa shape index (κ3) is 4.38. The van der Waals surface area contributed by atoms with Gasteiger partial charge in [0.25, 0.3) is 5.91 Å². The first-order valence-corrected chi connectivity index (χ1v) is 11.1. The summed E-state index contributed by atoms with van der Waals surface area (Å²) in [5.74, 6) is 2.13. The van der Waals surface area contributed by atoms with Gasteiger partial charge in [0.1, 0.15) is 18.1 Å². The summed E-state index contributed by atoms with van der Waals surface area (Å²) in [4.78, 5) is 15.5. The number of nitrogens with zero attached hydrogens (tertiary/aromatic N) is 2. The first-order chi connectivity index (χ1) is 14.5. The largest absolute Gasteiger partial charge is 0.488 e. The molecule has 1 saturated heterocycles. The zero-order valence-corrected chi connectivity index (χ0v) is 18.3. The summed E-state index contributed by atoms with van der Waals surface area (Å²) in [7, 11) is 0. The SMILES string of the molecule is CC(C)Cn1c(C(=O)N2CCC(C)CC2)cc2c(OCc3ccccc3)cccc21. The molecule has 0 radical (unpaired) electrons. The lowest BCUT2D eigenvalue weighted by molar-refractivity contribution is 0.0686. The zero-order valence-electron chi connectivity index (χ0n) is 18.3. The molecule has 4 heteroatoms. The molecule has 3 aromatic rings. The molecule has 4 rings (SSSR count). The molecular weight excluding hydrogens is 372 g/mol. The number of rotatable bonds is 6. The average Bonchev–Trinajstić information content (AvgIpc) is 3.11. The number of carbonyl (C=O) groups is 1. The van der Waals surface area contributed by atoms with Gasteiger partial charge in [-0.2, -0.15) is 0 Å². The van der Waals surface area contributed by atoms with Gasteiger partial charge in [-0.1, -0.05) is 57.2 Å². The van der Waals surface area contributed by atoms with Crippen LogP contribution < -0.4 is 4.74 Å². The second-order valence-electron chi connectivity index (χ2n) is 8.97. The summed E-state index contributed by atoms with van der Waals surface area (Å²) in [6, 6.07) is 18.4. The van der Waals surface area contributed by atoms with E-state index >= 15 is 0 Å². The van der Waals surface area contributed by atoms with E-state index in [2.05, 4.69) is 43.5 Å². The second kappa shape index (κ2) is 8.95. The minimum Gasteiger partial charge on any atom is -0.488 e. The summed E-state index contributed by atoms with van der Waals surface area (Å²) < 4.78 is 8.37. The third-order valence-electron chi connectivity index (χ3n) is 5.98. The van der Waals surface area contributed by atoms with Gasteiger partial charge in [0.05, 0.1) is 5.52 Å². The van der Waals surface area contributed by atoms with Crippen molar-refractivity contribution in [1.29, 1.82) is 0 Å². The van der Waals surface area contributed by atoms with Crippen molar-refractivity contribution >= 4 is 16.8 Å². The van der Waals surface area contributed by atoms with Crippen LogP contribution in [0.2, 0.25) is 0 Å². The van der Waals surface area contributed by atoms with E-state index in [0.717, 1.165) is 60.4 Å². The molecule has 0 atom stereocenters. The first-order valence-electron chi connectivity index (χ1n) is 11.1. The number of likely N-dealkylation sites (tertiary alicyclic amines) is 1. The number of fused-ring (bicyclic) bond motifs is 1. The molecule has 1 fully saturated rings. The number of ether oxygens (including phenoxy) is 1. The van der Waals surface area contributed by atoms with E-state index < -0.39 is 0 Å². The number of benzene rings is 2. The third-order valence-corrected chi connectivity index (χ3v) is 5.98. The quantitative estimate of drug-likeness (QED) is 0.524. The molecular formula is C26H32N2O2. The topological polar surface area (TPSA) is 34.5 Å². The molecule has 1 aromatic heterocycles. The van der Waals surface area contributed by atoms with E-state index in [1.165, 1.54) is 0 Å². The highest BCUT2D eigenvalue weighted by molar-refractivity contribution is 6.00. The lowest BCUT2D eigenvalue weighted by Crippen LogP contribution is -2.38. The molecule has 0 aliphatic carbocycles. The minimum absolute atomic E-state index is 0.146. The van der Waals surface area contributed by atoms with Gasteiger partial charge in [0.15, 0.2) is 0 Å². The fourth-order valence-corrected chi connectivity index (χ4v) is 4.23. The highest BCUT2D eigenvalue weighted by atomic mass is 16.5. The van der Waals surface area contributed by atoms with Crippen LogP contribution in [0, 0.1) is 11.8 Å². The van der Waals surface area contributed by atoms with Crippen LogP contribution in [0.25, 0.3) is 10.9 Å². The minimum atomic E-state index is 0.146. The van der Waals surface area contributed by atoms with Crippen molar-refractivity contribution in [2.45, 2.75) is 46.8 Å². The predicted octanol–water partition coefficient (Wildman–Crippen LogP) is 5.75. The number of amides is 1. The monoisotopic (exact) mass is 404 g/mol. The van der Waals surface area contributed by atoms with Crippen LogP contribution in [0.5, 0.6) is 5.75 Å². The standard InChI is InChI=1S/C26H32N2O2/c1-19(2)17-28-23-10-7-11-25(30-18-21-8-5-4-6-9-21)22(23)16-24(28)26(29)27-14-12-20(3)13-15-27/h4-11,16,19-20H,12-15,17-18H2,1-3H3. The van der Waals surface area contributed by atoms with Gasteiger partial charge in [-0.3, -0.25) is 4.79 Å². The number of piperidine rings is 1. The van der Waals surface area contributed by atoms with Crippen molar-refractivity contribution in [3.8, 4) is 5.75 Å². The Morgan fingerprint density at radius 2 is 1.80 bits per heavy atom. The summed E-state index contributed by atoms with van der Waals surface area (Å²) in [5.41, 5.74) is 2.99. The number of carbonyl (C=O) groups excluding carboxylic acids is 1. The molecule has 0 unspecified atom stereocenters. The molecule has 4 nitrogen and oxygen atoms in total. The molecule has 0 N–H and O–H groups in total. The molecule has 0 bridgehead atoms. The number of hydrogen-bond acceptors (Lipinski definition) is 2. The lowest BCUT2D eigenvalue weighted by atomic mass is 9.99. The fourth-order valence-electron chi connectivity index (χ4n) is 4.23. The Hall–Kier alpha value is -2.75. The molecule has 1 aliphatic rings. The van der Waals surface area contributed by atoms with Crippen LogP contribution in [0.4, 0.5) is 0 Å². The number of hydrogen-bond donors (Lipinski definition) is 0. The van der Waals surface area contributed by atoms with E-state index in [1.54, 1.807) is 0 Å². The maximum atomic E-state index is 13.4. The summed E-state index contributed by atoms with van der Waals surface area (Å²) in [5, 5.41) is 1.02. The molecule has 1 aliphatic heterocycles. The van der Waals surface area contributed by atoms with Crippen molar-refractivity contribution in [2.24, 2.45) is 11.8 Å². The van der Waals surface area contributed by atoms with Gasteiger partial charge >= 0.3 is 0 Å². The van der Waals surface area contributed by atoms with Crippen molar-refractivity contribution in [1.82, 2.24) is 9.47 Å². The van der Waals surface area contributed by atoms with E-state index in [-0.39, 0.29) is 5.91 Å². The second-order valence-corrected chi connectivity index (χ2v) is 8.97. The van der Waals surface area contributed by atoms with Crippen LogP contribution in [0.15, 0.2) is 54.6 Å². The smallest absolute Gasteiger partial charge is 0.270 e. The molecule has 158 valence electrons. The Labute approximate surface area is 179 Å². The Morgan fingerprint density at radius 3 is 2.50 bits per heavy atom. The van der Waals surface area contributed by atoms with Crippen molar-refractivity contribution in [3.05, 3.63) is 65.9 Å². The van der Waals surface area contributed by atoms with Gasteiger partial charge in [-0.25, -0.2) is 0 Å². The Kier molecular flexibility index (Phi) is 6.12. The maximum Gasteiger partial charge on any atom is 0.270 e. The Bertz CT molecular complexity index is 999. The highest BCUT2D eigenvalue weighted by Gasteiger charge is 2.26. The van der Waals surface area contributed by atoms with Crippen LogP contribution in [-0.4, -0.2) is 28.5 Å². The molecule has 1 amide bonds. The van der Waals surface area contributed by atoms with Gasteiger partial charge < -0.3 is 14.2 Å². The fraction of sp³-hybridized carbons (Fsp3) is 0.423. The van der Waals surface area contributed by atoms with Crippen LogP contribution in [0.1, 0.15) is 49.7 Å². The van der Waals surface area contributed by atoms with Crippen LogP contribution >= 0.6 is 0 Å². The number of aromatic nitrogens is 1. The van der Waals surface area contributed by atoms with E-state index in [9.17, 15) is 4.79 Å². The van der Waals surface area contributed by atoms with Crippen LogP contribution in [-0.2, 0) is 13.2 Å². The van der Waals surface area contributed by atoms with Gasteiger partial charge in [-0.15, -0.1) is 0 Å². The Morgan fingerprint density at radius 1 is 1.07 bits per heavy atom. The average molecular weight is 405 g/mol. The molecule has 0 spiro atoms. The predicted molar refractivity (Wildman–Crippen MR) is 122 cm³/mol. The summed E-state index contributed by atoms with van der Waals surface area (Å²) >= 11 is 0. The van der Waals surface area contributed by atoms with E-state index in [1.807, 2.05) is 41.3 Å². The molecule has 2 aromatic carbocycles. The maximum absolute atomic E-state index is 13.4. The Balaban J connectivity index is 1.67. The zero-order chi connectivity index (χ0) is 21.1. The van der Waals surface area contributed by atoms with Crippen molar-refractivity contribution < 1.29 is 9.53 Å². The highest BCUT2D eigenvalue weighted by Crippen LogP contribution is 2.31. The van der Waals surface area contributed by atoms with Gasteiger partial charge in [0.2, 0.25) is 0 Å². The van der Waals surface area contributed by atoms with Crippen LogP contribution in [0.3, 0.4) is 0 Å². The molecule has 0 saturated carbocycles. The summed E-state index contributed by atoms with van der Waals surface area (Å²) in [6.45, 7) is 9.69. The molecule has 30 heavy (non-hydrogen) atoms. The van der Waals surface area contributed by atoms with Crippen molar-refractivity contribution in [2.75, 3.05) is 13.1 Å². The lowest BCUT2D eigenvalue weighted by Gasteiger charge is -2.30. The van der Waals surface area contributed by atoms with Crippen molar-refractivity contribution in [3.63, 3.8) is 0 Å². The molecule has 2 heterocycles. The van der Waals surface area contributed by atoms with E-state index in [4.69, 9.17) is 4.74 Å².